The number of amides is 1. The van der Waals surface area contributed by atoms with Crippen molar-refractivity contribution >= 4 is 40.5 Å². The summed E-state index contributed by atoms with van der Waals surface area (Å²) in [5, 5.41) is 17.5. The molecule has 320 valence electrons. The Morgan fingerprint density at radius 3 is 1.97 bits per heavy atom. The topological polar surface area (TPSA) is 159 Å². The molecule has 2 spiro atoms. The zero-order valence-electron chi connectivity index (χ0n) is 36.2. The van der Waals surface area contributed by atoms with Gasteiger partial charge in [-0.1, -0.05) is 46.0 Å². The summed E-state index contributed by atoms with van der Waals surface area (Å²) in [5.74, 6) is 2.53. The van der Waals surface area contributed by atoms with Gasteiger partial charge >= 0.3 is 5.69 Å². The lowest BCUT2D eigenvalue weighted by Gasteiger charge is -2.37. The molecule has 1 amide bonds. The number of hydrogen-bond donors (Lipinski definition) is 5. The minimum absolute atomic E-state index is 0.0132. The highest BCUT2D eigenvalue weighted by molar-refractivity contribution is 5.73. The Morgan fingerprint density at radius 1 is 0.793 bits per heavy atom. The van der Waals surface area contributed by atoms with Crippen molar-refractivity contribution < 1.29 is 4.79 Å². The average molecular weight is 801 g/mol. The van der Waals surface area contributed by atoms with Gasteiger partial charge in [0.2, 0.25) is 17.8 Å². The van der Waals surface area contributed by atoms with Crippen LogP contribution in [0.15, 0.2) is 17.2 Å². The van der Waals surface area contributed by atoms with Crippen molar-refractivity contribution in [1.82, 2.24) is 39.3 Å². The number of aryl methyl sites for hydroxylation is 1. The number of nitrogens with zero attached hydrogens (tertiary/aromatic N) is 7. The molecular weight excluding hydrogens is 729 g/mol. The van der Waals surface area contributed by atoms with Crippen molar-refractivity contribution in [2.75, 3.05) is 54.5 Å². The van der Waals surface area contributed by atoms with E-state index in [1.54, 1.807) is 24.7 Å². The van der Waals surface area contributed by atoms with Gasteiger partial charge < -0.3 is 31.5 Å². The molecule has 4 saturated carbocycles. The predicted octanol–water partition coefficient (Wildman–Crippen LogP) is 7.46. The van der Waals surface area contributed by atoms with E-state index in [0.717, 1.165) is 86.7 Å². The fraction of sp³-hybridized carbons (Fsp3) is 0.773. The Labute approximate surface area is 345 Å². The quantitative estimate of drug-likeness (QED) is 0.154. The molecule has 0 unspecified atom stereocenters. The SMILES string of the molecule is CC(=O)N1CCC2(CCC(Nc3ncc4c(n3)n(C3CCCC3)c(=O)n4C)CC2)C1.CCC.CNc1cnc(NC2CCC3(CCNC3)CC2)nc1NC1CCCC1. The number of nitrogens with one attached hydrogen (secondary N) is 5. The molecule has 0 bridgehead atoms. The molecule has 14 heteroatoms. The van der Waals surface area contributed by atoms with Gasteiger partial charge in [-0.3, -0.25) is 13.9 Å². The van der Waals surface area contributed by atoms with Gasteiger partial charge in [0.1, 0.15) is 5.52 Å². The number of rotatable bonds is 8. The normalized spacial score (nSPS) is 27.4. The number of likely N-dealkylation sites (tertiary alicyclic amines) is 1. The van der Waals surface area contributed by atoms with Crippen molar-refractivity contribution in [2.24, 2.45) is 17.9 Å². The summed E-state index contributed by atoms with van der Waals surface area (Å²) in [4.78, 5) is 45.1. The van der Waals surface area contributed by atoms with Gasteiger partial charge in [0.05, 0.1) is 18.1 Å². The fourth-order valence-electron chi connectivity index (χ4n) is 10.7. The third kappa shape index (κ3) is 9.74. The molecule has 0 atom stereocenters. The maximum atomic E-state index is 12.8. The highest BCUT2D eigenvalue weighted by Crippen LogP contribution is 2.45. The molecule has 14 nitrogen and oxygen atoms in total. The van der Waals surface area contributed by atoms with Gasteiger partial charge in [0.25, 0.3) is 0 Å². The van der Waals surface area contributed by atoms with Crippen LogP contribution in [0, 0.1) is 10.8 Å². The molecule has 0 radical (unpaired) electrons. The summed E-state index contributed by atoms with van der Waals surface area (Å²) in [6.07, 6.45) is 26.5. The highest BCUT2D eigenvalue weighted by Gasteiger charge is 2.42. The van der Waals surface area contributed by atoms with E-state index in [4.69, 9.17) is 9.97 Å². The van der Waals surface area contributed by atoms with Crippen LogP contribution in [0.4, 0.5) is 23.4 Å². The zero-order chi connectivity index (χ0) is 40.7. The minimum Gasteiger partial charge on any atom is -0.384 e. The second-order valence-electron chi connectivity index (χ2n) is 18.5. The number of imidazole rings is 1. The van der Waals surface area contributed by atoms with Crippen LogP contribution in [0.25, 0.3) is 11.2 Å². The summed E-state index contributed by atoms with van der Waals surface area (Å²) in [7, 11) is 3.74. The van der Waals surface area contributed by atoms with Crippen LogP contribution < -0.4 is 32.3 Å². The monoisotopic (exact) mass is 801 g/mol. The smallest absolute Gasteiger partial charge is 0.330 e. The maximum Gasteiger partial charge on any atom is 0.330 e. The van der Waals surface area contributed by atoms with Crippen LogP contribution >= 0.6 is 0 Å². The van der Waals surface area contributed by atoms with Gasteiger partial charge in [0.15, 0.2) is 11.5 Å². The van der Waals surface area contributed by atoms with E-state index in [-0.39, 0.29) is 17.6 Å². The van der Waals surface area contributed by atoms with Gasteiger partial charge in [-0.15, -0.1) is 0 Å². The Balaban J connectivity index is 0.000000168. The van der Waals surface area contributed by atoms with Crippen molar-refractivity contribution in [3.63, 3.8) is 0 Å². The Kier molecular flexibility index (Phi) is 13.8. The van der Waals surface area contributed by atoms with Crippen molar-refractivity contribution in [3.8, 4) is 0 Å². The maximum absolute atomic E-state index is 12.8. The second kappa shape index (κ2) is 19.0. The molecule has 5 heterocycles. The van der Waals surface area contributed by atoms with Gasteiger partial charge in [-0.2, -0.15) is 9.97 Å². The third-order valence-electron chi connectivity index (χ3n) is 14.3. The summed E-state index contributed by atoms with van der Waals surface area (Å²) in [5.41, 5.74) is 3.43. The minimum atomic E-state index is 0.0132. The number of carbonyl (C=O) groups is 1. The first-order valence-electron chi connectivity index (χ1n) is 22.9. The van der Waals surface area contributed by atoms with E-state index < -0.39 is 0 Å². The Bertz CT molecular complexity index is 1860. The molecule has 3 aromatic heterocycles. The lowest BCUT2D eigenvalue weighted by Crippen LogP contribution is -2.36. The molecule has 3 aromatic rings. The molecule has 0 aromatic carbocycles. The van der Waals surface area contributed by atoms with E-state index in [2.05, 4.69) is 50.4 Å². The lowest BCUT2D eigenvalue weighted by atomic mass is 9.72. The van der Waals surface area contributed by atoms with E-state index in [1.165, 1.54) is 90.1 Å². The fourth-order valence-corrected chi connectivity index (χ4v) is 10.7. The van der Waals surface area contributed by atoms with Crippen LogP contribution in [0.5, 0.6) is 0 Å². The number of aromatic nitrogens is 6. The molecule has 9 rings (SSSR count). The average Bonchev–Trinajstić information content (AvgIpc) is 4.09. The number of carbonyl (C=O) groups excluding carboxylic acids is 1. The third-order valence-corrected chi connectivity index (χ3v) is 14.3. The second-order valence-corrected chi connectivity index (χ2v) is 18.5. The molecule has 5 N–H and O–H groups in total. The molecule has 2 aliphatic heterocycles. The van der Waals surface area contributed by atoms with Gasteiger partial charge in [-0.25, -0.2) is 14.8 Å². The molecular formula is C44H72N12O2. The van der Waals surface area contributed by atoms with Crippen molar-refractivity contribution in [3.05, 3.63) is 22.9 Å². The Morgan fingerprint density at radius 2 is 1.38 bits per heavy atom. The van der Waals surface area contributed by atoms with E-state index in [1.807, 2.05) is 22.7 Å². The molecule has 6 aliphatic rings. The summed E-state index contributed by atoms with van der Waals surface area (Å²) in [6, 6.07) is 1.66. The summed E-state index contributed by atoms with van der Waals surface area (Å²) >= 11 is 0. The Hall–Kier alpha value is -3.94. The van der Waals surface area contributed by atoms with E-state index in [9.17, 15) is 9.59 Å². The molecule has 2 saturated heterocycles. The predicted molar refractivity (Wildman–Crippen MR) is 235 cm³/mol. The van der Waals surface area contributed by atoms with Crippen LogP contribution in [-0.2, 0) is 11.8 Å². The number of anilines is 4. The van der Waals surface area contributed by atoms with E-state index in [0.29, 0.717) is 34.9 Å². The van der Waals surface area contributed by atoms with Crippen LogP contribution in [0.1, 0.15) is 149 Å². The first-order chi connectivity index (χ1) is 28.1. The first kappa shape index (κ1) is 42.2. The molecule has 4 aliphatic carbocycles. The van der Waals surface area contributed by atoms with Crippen molar-refractivity contribution in [2.45, 2.75) is 167 Å². The van der Waals surface area contributed by atoms with Crippen LogP contribution in [0.2, 0.25) is 0 Å². The van der Waals surface area contributed by atoms with Crippen LogP contribution in [-0.4, -0.2) is 91.2 Å². The number of hydrogen-bond acceptors (Lipinski definition) is 11. The zero-order valence-corrected chi connectivity index (χ0v) is 36.2. The van der Waals surface area contributed by atoms with E-state index >= 15 is 0 Å². The summed E-state index contributed by atoms with van der Waals surface area (Å²) in [6.45, 7) is 10.1. The van der Waals surface area contributed by atoms with Crippen LogP contribution in [0.3, 0.4) is 0 Å². The van der Waals surface area contributed by atoms with Crippen molar-refractivity contribution in [1.29, 1.82) is 0 Å². The largest absolute Gasteiger partial charge is 0.384 e. The molecule has 58 heavy (non-hydrogen) atoms. The highest BCUT2D eigenvalue weighted by atomic mass is 16.2. The standard InChI is InChI=1S/C22H32N6O2.C19H32N6.C3H8/c1-15(29)27-12-11-22(14-27)9-7-16(8-10-22)24-20-23-13-18-19(25-20)28(21(30)26(18)2)17-5-3-4-6-17;1-20-16-12-22-18(25-17(16)23-14-4-2-3-5-14)24-15-6-8-19(9-7-15)10-11-21-13-19;1-3-2/h13,16-17H,3-12,14H2,1-2H3,(H,23,24,25);12,14-15,20-21H,2-11,13H2,1H3,(H2,22,23,24,25);3H2,1-2H3. The summed E-state index contributed by atoms with van der Waals surface area (Å²) < 4.78 is 3.56. The lowest BCUT2D eigenvalue weighted by molar-refractivity contribution is -0.128. The van der Waals surface area contributed by atoms with Gasteiger partial charge in [-0.05, 0) is 107 Å². The number of fused-ring (bicyclic) bond motifs is 1. The van der Waals surface area contributed by atoms with Gasteiger partial charge in [0, 0.05) is 64.8 Å². The first-order valence-corrected chi connectivity index (χ1v) is 22.9. The molecule has 6 fully saturated rings.